The van der Waals surface area contributed by atoms with Crippen molar-refractivity contribution in [1.29, 1.82) is 0 Å². The minimum absolute atomic E-state index is 0.0462. The fourth-order valence-corrected chi connectivity index (χ4v) is 3.46. The molecule has 0 aromatic heterocycles. The molecule has 0 spiro atoms. The van der Waals surface area contributed by atoms with Crippen LogP contribution in [0.15, 0.2) is 78.4 Å². The number of hydrogen-bond donors (Lipinski definition) is 3. The molecule has 3 aromatic rings. The standard InChI is InChI=1S/C25H18ClN3O6/c26-19-6-2-3-7-20(19)27-22(31)14-35-21-8-4-1-5-15(21)13-18-23(32)28-25(34)29(24(18)33)16-9-11-17(30)12-10-16/h1-13,30H,14H2,(H,27,31)(H,28,32,34). The number of carbonyl (C=O) groups excluding carboxylic acids is 4. The van der Waals surface area contributed by atoms with Gasteiger partial charge in [0, 0.05) is 5.56 Å². The van der Waals surface area contributed by atoms with Crippen molar-refractivity contribution in [3.8, 4) is 11.5 Å². The Kier molecular flexibility index (Phi) is 6.79. The molecule has 0 saturated carbocycles. The van der Waals surface area contributed by atoms with E-state index in [2.05, 4.69) is 10.6 Å². The van der Waals surface area contributed by atoms with Crippen molar-refractivity contribution < 1.29 is 29.0 Å². The van der Waals surface area contributed by atoms with Gasteiger partial charge in [0.1, 0.15) is 17.1 Å². The molecular weight excluding hydrogens is 474 g/mol. The molecule has 1 saturated heterocycles. The second-order valence-corrected chi connectivity index (χ2v) is 7.74. The molecule has 4 rings (SSSR count). The summed E-state index contributed by atoms with van der Waals surface area (Å²) in [6.07, 6.45) is 1.28. The van der Waals surface area contributed by atoms with Crippen LogP contribution in [0, 0.1) is 0 Å². The second kappa shape index (κ2) is 10.1. The predicted octanol–water partition coefficient (Wildman–Crippen LogP) is 3.73. The number of nitrogens with zero attached hydrogens (tertiary/aromatic N) is 1. The number of phenols is 1. The van der Waals surface area contributed by atoms with Crippen LogP contribution in [0.5, 0.6) is 11.5 Å². The zero-order chi connectivity index (χ0) is 24.9. The maximum atomic E-state index is 13.0. The average molecular weight is 492 g/mol. The van der Waals surface area contributed by atoms with Gasteiger partial charge in [0.2, 0.25) is 0 Å². The number of phenolic OH excluding ortho intramolecular Hbond substituents is 1. The summed E-state index contributed by atoms with van der Waals surface area (Å²) in [5, 5.41) is 14.6. The van der Waals surface area contributed by atoms with Crippen molar-refractivity contribution in [3.05, 3.63) is 89.0 Å². The van der Waals surface area contributed by atoms with Gasteiger partial charge in [-0.25, -0.2) is 9.69 Å². The highest BCUT2D eigenvalue weighted by Crippen LogP contribution is 2.27. The number of halogens is 1. The van der Waals surface area contributed by atoms with Gasteiger partial charge < -0.3 is 15.2 Å². The van der Waals surface area contributed by atoms with Gasteiger partial charge in [-0.05, 0) is 48.5 Å². The van der Waals surface area contributed by atoms with E-state index in [0.717, 1.165) is 4.90 Å². The maximum absolute atomic E-state index is 13.0. The summed E-state index contributed by atoms with van der Waals surface area (Å²) in [6.45, 7) is -0.357. The van der Waals surface area contributed by atoms with E-state index in [1.165, 1.54) is 30.3 Å². The van der Waals surface area contributed by atoms with E-state index in [9.17, 15) is 24.3 Å². The van der Waals surface area contributed by atoms with E-state index in [1.807, 2.05) is 0 Å². The highest BCUT2D eigenvalue weighted by Gasteiger charge is 2.37. The number of urea groups is 1. The normalized spacial score (nSPS) is 14.6. The van der Waals surface area contributed by atoms with Crippen LogP contribution in [0.4, 0.5) is 16.2 Å². The first-order valence-electron chi connectivity index (χ1n) is 10.3. The highest BCUT2D eigenvalue weighted by atomic mass is 35.5. The van der Waals surface area contributed by atoms with Crippen LogP contribution >= 0.6 is 11.6 Å². The van der Waals surface area contributed by atoms with Crippen LogP contribution in [0.3, 0.4) is 0 Å². The zero-order valence-corrected chi connectivity index (χ0v) is 18.8. The van der Waals surface area contributed by atoms with Crippen molar-refractivity contribution in [2.75, 3.05) is 16.8 Å². The number of nitrogens with one attached hydrogen (secondary N) is 2. The molecular formula is C25H18ClN3O6. The maximum Gasteiger partial charge on any atom is 0.335 e. The Bertz CT molecular complexity index is 1350. The molecule has 10 heteroatoms. The Morgan fingerprint density at radius 3 is 2.43 bits per heavy atom. The summed E-state index contributed by atoms with van der Waals surface area (Å²) in [4.78, 5) is 50.9. The highest BCUT2D eigenvalue weighted by molar-refractivity contribution is 6.39. The van der Waals surface area contributed by atoms with E-state index < -0.39 is 23.8 Å². The summed E-state index contributed by atoms with van der Waals surface area (Å²) >= 11 is 6.05. The summed E-state index contributed by atoms with van der Waals surface area (Å²) in [7, 11) is 0. The Hall–Kier alpha value is -4.63. The predicted molar refractivity (Wildman–Crippen MR) is 129 cm³/mol. The molecule has 176 valence electrons. The van der Waals surface area contributed by atoms with Crippen molar-refractivity contribution in [3.63, 3.8) is 0 Å². The first-order chi connectivity index (χ1) is 16.8. The lowest BCUT2D eigenvalue weighted by atomic mass is 10.1. The summed E-state index contributed by atoms with van der Waals surface area (Å²) in [5.74, 6) is -1.99. The number of carbonyl (C=O) groups is 4. The number of rotatable bonds is 6. The number of aromatic hydroxyl groups is 1. The molecule has 9 nitrogen and oxygen atoms in total. The molecule has 0 unspecified atom stereocenters. The van der Waals surface area contributed by atoms with Crippen LogP contribution in [-0.2, 0) is 14.4 Å². The molecule has 35 heavy (non-hydrogen) atoms. The van der Waals surface area contributed by atoms with Crippen LogP contribution in [-0.4, -0.2) is 35.5 Å². The smallest absolute Gasteiger partial charge is 0.335 e. The van der Waals surface area contributed by atoms with E-state index in [1.54, 1.807) is 48.5 Å². The molecule has 0 aliphatic carbocycles. The Labute approximate surface area is 204 Å². The Morgan fingerprint density at radius 2 is 1.69 bits per heavy atom. The summed E-state index contributed by atoms with van der Waals surface area (Å²) < 4.78 is 5.62. The molecule has 0 atom stereocenters. The molecule has 1 fully saturated rings. The largest absolute Gasteiger partial charge is 0.508 e. The van der Waals surface area contributed by atoms with Gasteiger partial charge >= 0.3 is 6.03 Å². The quantitative estimate of drug-likeness (QED) is 0.356. The van der Waals surface area contributed by atoms with Gasteiger partial charge in [-0.3, -0.25) is 19.7 Å². The lowest BCUT2D eigenvalue weighted by Gasteiger charge is -2.26. The van der Waals surface area contributed by atoms with Crippen LogP contribution < -0.4 is 20.3 Å². The Morgan fingerprint density at radius 1 is 1.00 bits per heavy atom. The number of anilines is 2. The van der Waals surface area contributed by atoms with Gasteiger partial charge in [-0.15, -0.1) is 0 Å². The van der Waals surface area contributed by atoms with Gasteiger partial charge in [0.15, 0.2) is 6.61 Å². The molecule has 5 amide bonds. The van der Waals surface area contributed by atoms with Crippen LogP contribution in [0.2, 0.25) is 5.02 Å². The lowest BCUT2D eigenvalue weighted by molar-refractivity contribution is -0.122. The first-order valence-corrected chi connectivity index (χ1v) is 10.7. The van der Waals surface area contributed by atoms with Gasteiger partial charge in [-0.2, -0.15) is 0 Å². The molecule has 1 heterocycles. The third kappa shape index (κ3) is 5.31. The van der Waals surface area contributed by atoms with E-state index in [-0.39, 0.29) is 29.4 Å². The second-order valence-electron chi connectivity index (χ2n) is 7.33. The summed E-state index contributed by atoms with van der Waals surface area (Å²) in [5.41, 5.74) is 0.636. The number of imide groups is 2. The molecule has 3 aromatic carbocycles. The minimum atomic E-state index is -0.913. The van der Waals surface area contributed by atoms with Gasteiger partial charge in [0.05, 0.1) is 16.4 Å². The van der Waals surface area contributed by atoms with E-state index >= 15 is 0 Å². The molecule has 1 aliphatic heterocycles. The number of para-hydroxylation sites is 2. The third-order valence-electron chi connectivity index (χ3n) is 4.94. The number of hydrogen-bond acceptors (Lipinski definition) is 6. The van der Waals surface area contributed by atoms with Crippen molar-refractivity contribution >= 4 is 52.8 Å². The van der Waals surface area contributed by atoms with E-state index in [0.29, 0.717) is 16.3 Å². The average Bonchev–Trinajstić information content (AvgIpc) is 2.83. The SMILES string of the molecule is O=C(COc1ccccc1C=C1C(=O)NC(=O)N(c2ccc(O)cc2)C1=O)Nc1ccccc1Cl. The monoisotopic (exact) mass is 491 g/mol. The first kappa shape index (κ1) is 23.5. The number of ether oxygens (including phenoxy) is 1. The fourth-order valence-electron chi connectivity index (χ4n) is 3.27. The number of barbiturate groups is 1. The zero-order valence-electron chi connectivity index (χ0n) is 18.0. The van der Waals surface area contributed by atoms with Crippen molar-refractivity contribution in [2.45, 2.75) is 0 Å². The van der Waals surface area contributed by atoms with Crippen molar-refractivity contribution in [1.82, 2.24) is 5.32 Å². The minimum Gasteiger partial charge on any atom is -0.508 e. The van der Waals surface area contributed by atoms with Crippen LogP contribution in [0.25, 0.3) is 6.08 Å². The van der Waals surface area contributed by atoms with Crippen molar-refractivity contribution in [2.24, 2.45) is 0 Å². The van der Waals surface area contributed by atoms with Gasteiger partial charge in [0.25, 0.3) is 17.7 Å². The number of benzene rings is 3. The summed E-state index contributed by atoms with van der Waals surface area (Å²) in [6, 6.07) is 17.7. The molecule has 3 N–H and O–H groups in total. The third-order valence-corrected chi connectivity index (χ3v) is 5.26. The lowest BCUT2D eigenvalue weighted by Crippen LogP contribution is -2.54. The van der Waals surface area contributed by atoms with Crippen LogP contribution in [0.1, 0.15) is 5.56 Å². The number of amides is 5. The van der Waals surface area contributed by atoms with E-state index in [4.69, 9.17) is 16.3 Å². The molecule has 0 radical (unpaired) electrons. The Balaban J connectivity index is 1.55. The molecule has 1 aliphatic rings. The fraction of sp³-hybridized carbons (Fsp3) is 0.0400. The molecule has 0 bridgehead atoms. The van der Waals surface area contributed by atoms with Gasteiger partial charge in [-0.1, -0.05) is 41.9 Å². The topological polar surface area (TPSA) is 125 Å².